The molecule has 3 N–H and O–H groups in total. The maximum absolute atomic E-state index is 13.2. The molecule has 152 valence electrons. The monoisotopic (exact) mass is 400 g/mol. The number of anilines is 3. The smallest absolute Gasteiger partial charge is 0.433 e. The van der Waals surface area contributed by atoms with Crippen LogP contribution in [-0.4, -0.2) is 47.9 Å². The third-order valence-electron chi connectivity index (χ3n) is 3.55. The van der Waals surface area contributed by atoms with Gasteiger partial charge >= 0.3 is 12.1 Å². The molecule has 1 atom stereocenters. The highest BCUT2D eigenvalue weighted by Crippen LogP contribution is 2.33. The summed E-state index contributed by atoms with van der Waals surface area (Å²) in [5.74, 6) is -0.848. The summed E-state index contributed by atoms with van der Waals surface area (Å²) in [6.45, 7) is 1.23. The molecule has 0 bridgehead atoms. The molecule has 0 aliphatic heterocycles. The second-order valence-corrected chi connectivity index (χ2v) is 5.72. The Balaban J connectivity index is 2.46. The Morgan fingerprint density at radius 3 is 2.54 bits per heavy atom. The highest BCUT2D eigenvalue weighted by molar-refractivity contribution is 5.91. The molecule has 0 amide bonds. The number of hydrogen-bond donors (Lipinski definition) is 3. The third-order valence-corrected chi connectivity index (χ3v) is 3.55. The van der Waals surface area contributed by atoms with E-state index in [1.807, 2.05) is 0 Å². The number of nitrogens with one attached hydrogen (secondary N) is 2. The summed E-state index contributed by atoms with van der Waals surface area (Å²) in [6, 6.07) is 4.44. The number of nitrogens with zero attached hydrogens (tertiary/aromatic N) is 2. The number of carbonyl (C=O) groups is 1. The Bertz CT molecular complexity index is 846. The van der Waals surface area contributed by atoms with Crippen LogP contribution in [0.2, 0.25) is 0 Å². The van der Waals surface area contributed by atoms with Gasteiger partial charge in [-0.1, -0.05) is 0 Å². The first-order chi connectivity index (χ1) is 13.2. The van der Waals surface area contributed by atoms with Crippen LogP contribution in [0.5, 0.6) is 5.75 Å². The largest absolute Gasteiger partial charge is 0.495 e. The minimum absolute atomic E-state index is 0.170. The fourth-order valence-corrected chi connectivity index (χ4v) is 2.18. The summed E-state index contributed by atoms with van der Waals surface area (Å²) in [7, 11) is 2.58. The van der Waals surface area contributed by atoms with E-state index in [4.69, 9.17) is 9.84 Å². The van der Waals surface area contributed by atoms with E-state index in [9.17, 15) is 18.0 Å². The number of ether oxygens (including phenoxy) is 2. The van der Waals surface area contributed by atoms with Crippen molar-refractivity contribution in [1.82, 2.24) is 9.97 Å². The van der Waals surface area contributed by atoms with E-state index in [2.05, 4.69) is 25.3 Å². The Labute approximate surface area is 158 Å². The predicted molar refractivity (Wildman–Crippen MR) is 94.8 cm³/mol. The van der Waals surface area contributed by atoms with E-state index in [1.54, 1.807) is 6.92 Å². The van der Waals surface area contributed by atoms with E-state index >= 15 is 0 Å². The number of aliphatic hydroxyl groups excluding tert-OH is 1. The lowest BCUT2D eigenvalue weighted by Gasteiger charge is -2.16. The number of carbonyl (C=O) groups excluding carboxylic acids is 1. The summed E-state index contributed by atoms with van der Waals surface area (Å²) in [5, 5.41) is 14.4. The van der Waals surface area contributed by atoms with Crippen molar-refractivity contribution in [1.29, 1.82) is 0 Å². The van der Waals surface area contributed by atoms with Gasteiger partial charge in [0.2, 0.25) is 5.95 Å². The van der Waals surface area contributed by atoms with Crippen LogP contribution in [0.15, 0.2) is 24.3 Å². The number of benzene rings is 1. The molecule has 0 saturated heterocycles. The second kappa shape index (κ2) is 8.74. The van der Waals surface area contributed by atoms with Crippen molar-refractivity contribution in [3.63, 3.8) is 0 Å². The molecule has 0 unspecified atom stereocenters. The second-order valence-electron chi connectivity index (χ2n) is 5.72. The Morgan fingerprint density at radius 1 is 1.25 bits per heavy atom. The molecular formula is C17H19F3N4O4. The zero-order chi connectivity index (χ0) is 20.9. The average Bonchev–Trinajstić information content (AvgIpc) is 2.66. The molecule has 2 aromatic rings. The van der Waals surface area contributed by atoms with Crippen LogP contribution in [-0.2, 0) is 10.9 Å². The van der Waals surface area contributed by atoms with Gasteiger partial charge in [0.1, 0.15) is 11.6 Å². The van der Waals surface area contributed by atoms with Gasteiger partial charge in [-0.05, 0) is 25.1 Å². The van der Waals surface area contributed by atoms with Crippen LogP contribution >= 0.6 is 0 Å². The van der Waals surface area contributed by atoms with E-state index < -0.39 is 23.9 Å². The summed E-state index contributed by atoms with van der Waals surface area (Å²) >= 11 is 0. The van der Waals surface area contributed by atoms with Crippen molar-refractivity contribution < 1.29 is 32.5 Å². The number of hydrogen-bond acceptors (Lipinski definition) is 8. The van der Waals surface area contributed by atoms with Gasteiger partial charge in [-0.2, -0.15) is 18.2 Å². The molecule has 0 fully saturated rings. The predicted octanol–water partition coefficient (Wildman–Crippen LogP) is 2.83. The molecule has 0 aliphatic rings. The van der Waals surface area contributed by atoms with E-state index in [-0.39, 0.29) is 35.4 Å². The lowest BCUT2D eigenvalue weighted by molar-refractivity contribution is -0.141. The first-order valence-electron chi connectivity index (χ1n) is 8.05. The molecule has 28 heavy (non-hydrogen) atoms. The Kier molecular flexibility index (Phi) is 6.62. The molecule has 0 spiro atoms. The molecule has 8 nitrogen and oxygen atoms in total. The van der Waals surface area contributed by atoms with Crippen molar-refractivity contribution in [2.45, 2.75) is 19.1 Å². The maximum atomic E-state index is 13.2. The number of halogens is 3. The van der Waals surface area contributed by atoms with Gasteiger partial charge in [-0.3, -0.25) is 0 Å². The van der Waals surface area contributed by atoms with Crippen LogP contribution in [0, 0.1) is 0 Å². The van der Waals surface area contributed by atoms with Gasteiger partial charge < -0.3 is 25.2 Å². The third kappa shape index (κ3) is 5.22. The van der Waals surface area contributed by atoms with Crippen molar-refractivity contribution in [3.05, 3.63) is 35.5 Å². The zero-order valence-electron chi connectivity index (χ0n) is 15.3. The lowest BCUT2D eigenvalue weighted by atomic mass is 10.2. The van der Waals surface area contributed by atoms with Crippen LogP contribution in [0.4, 0.5) is 30.6 Å². The molecule has 1 heterocycles. The highest BCUT2D eigenvalue weighted by Gasteiger charge is 2.34. The first-order valence-corrected chi connectivity index (χ1v) is 8.05. The number of aromatic nitrogens is 2. The summed E-state index contributed by atoms with van der Waals surface area (Å²) in [5.41, 5.74) is -0.803. The fraction of sp³-hybridized carbons (Fsp3) is 0.353. The summed E-state index contributed by atoms with van der Waals surface area (Å²) in [4.78, 5) is 19.1. The molecule has 1 aromatic heterocycles. The Hall–Kier alpha value is -3.08. The molecule has 0 saturated carbocycles. The van der Waals surface area contributed by atoms with E-state index in [0.717, 1.165) is 6.07 Å². The lowest BCUT2D eigenvalue weighted by Crippen LogP contribution is -2.22. The average molecular weight is 400 g/mol. The quantitative estimate of drug-likeness (QED) is 0.610. The number of aliphatic hydroxyl groups is 1. The minimum atomic E-state index is -4.71. The first kappa shape index (κ1) is 21.2. The van der Waals surface area contributed by atoms with Gasteiger partial charge in [0.25, 0.3) is 0 Å². The number of esters is 1. The van der Waals surface area contributed by atoms with Crippen LogP contribution in [0.1, 0.15) is 23.0 Å². The maximum Gasteiger partial charge on any atom is 0.433 e. The Morgan fingerprint density at radius 2 is 1.96 bits per heavy atom. The molecule has 0 aliphatic carbocycles. The van der Waals surface area contributed by atoms with Gasteiger partial charge in [0, 0.05) is 12.1 Å². The van der Waals surface area contributed by atoms with Gasteiger partial charge in [-0.25, -0.2) is 9.78 Å². The number of rotatable bonds is 7. The highest BCUT2D eigenvalue weighted by atomic mass is 19.4. The van der Waals surface area contributed by atoms with Crippen LogP contribution in [0.3, 0.4) is 0 Å². The molecule has 11 heteroatoms. The number of methoxy groups -OCH3 is 2. The SMILES string of the molecule is COC(=O)c1ccc(OC)c(Nc2cc(C(F)(F)F)nc(N[C@H](C)CO)n2)c1. The van der Waals surface area contributed by atoms with Gasteiger partial charge in [0.05, 0.1) is 32.1 Å². The standard InChI is InChI=1S/C17H19F3N4O4/c1-9(8-25)21-16-23-13(17(18,19)20)7-14(24-16)22-11-6-10(15(26)28-3)4-5-12(11)27-2/h4-7,9,25H,8H2,1-3H3,(H2,21,22,23,24)/t9-/m1/s1. The van der Waals surface area contributed by atoms with Crippen molar-refractivity contribution in [2.75, 3.05) is 31.5 Å². The molecule has 1 aromatic carbocycles. The number of alkyl halides is 3. The molecule has 2 rings (SSSR count). The van der Waals surface area contributed by atoms with Crippen molar-refractivity contribution >= 4 is 23.4 Å². The van der Waals surface area contributed by atoms with E-state index in [1.165, 1.54) is 32.4 Å². The minimum Gasteiger partial charge on any atom is -0.495 e. The fourth-order valence-electron chi connectivity index (χ4n) is 2.18. The van der Waals surface area contributed by atoms with Crippen LogP contribution < -0.4 is 15.4 Å². The molecular weight excluding hydrogens is 381 g/mol. The van der Waals surface area contributed by atoms with Gasteiger partial charge in [0.15, 0.2) is 5.69 Å². The summed E-state index contributed by atoms with van der Waals surface area (Å²) < 4.78 is 49.4. The summed E-state index contributed by atoms with van der Waals surface area (Å²) in [6.07, 6.45) is -4.71. The normalized spacial score (nSPS) is 12.2. The van der Waals surface area contributed by atoms with E-state index in [0.29, 0.717) is 0 Å². The topological polar surface area (TPSA) is 106 Å². The zero-order valence-corrected chi connectivity index (χ0v) is 15.3. The van der Waals surface area contributed by atoms with Crippen molar-refractivity contribution in [3.8, 4) is 5.75 Å². The van der Waals surface area contributed by atoms with Crippen molar-refractivity contribution in [2.24, 2.45) is 0 Å². The van der Waals surface area contributed by atoms with Crippen LogP contribution in [0.25, 0.3) is 0 Å². The molecule has 0 radical (unpaired) electrons. The van der Waals surface area contributed by atoms with Gasteiger partial charge in [-0.15, -0.1) is 0 Å².